The van der Waals surface area contributed by atoms with Crippen molar-refractivity contribution >= 4 is 10.8 Å². The van der Waals surface area contributed by atoms with E-state index in [0.717, 1.165) is 34.4 Å². The molecule has 0 radical (unpaired) electrons. The number of fused-ring (bicyclic) bond motifs is 9. The molecular weight excluding hydrogens is 715 g/mol. The Labute approximate surface area is 346 Å². The third kappa shape index (κ3) is 4.62. The van der Waals surface area contributed by atoms with Crippen molar-refractivity contribution in [3.05, 3.63) is 174 Å². The largest absolute Gasteiger partial charge is 0.208 e. The molecule has 1 heterocycles. The molecule has 4 bridgehead atoms. The van der Waals surface area contributed by atoms with E-state index in [4.69, 9.17) is 15.0 Å². The van der Waals surface area contributed by atoms with Gasteiger partial charge in [0, 0.05) is 27.5 Å². The van der Waals surface area contributed by atoms with Crippen molar-refractivity contribution in [3.63, 3.8) is 0 Å². The van der Waals surface area contributed by atoms with Crippen molar-refractivity contribution in [2.45, 2.75) is 56.8 Å². The first-order chi connectivity index (χ1) is 29.0. The second-order valence-corrected chi connectivity index (χ2v) is 18.8. The summed E-state index contributed by atoms with van der Waals surface area (Å²) in [5.41, 5.74) is 17.0. The van der Waals surface area contributed by atoms with Gasteiger partial charge in [0.15, 0.2) is 17.5 Å². The van der Waals surface area contributed by atoms with E-state index >= 15 is 0 Å². The maximum atomic E-state index is 5.36. The van der Waals surface area contributed by atoms with Crippen LogP contribution >= 0.6 is 0 Å². The third-order valence-electron chi connectivity index (χ3n) is 15.5. The third-order valence-corrected chi connectivity index (χ3v) is 15.5. The van der Waals surface area contributed by atoms with Crippen LogP contribution in [0.4, 0.5) is 0 Å². The number of nitrogens with zero attached hydrogens (tertiary/aromatic N) is 3. The SMILES string of the molecule is CC1(C)c2cccc(-c3nc(-c4ccccc4)nc(-c4ccc(-c5ccccc5)cc4)n3)c2-c2ccc3c(c21)C1(c2c-3ccc3ccccc23)C2CC3CC(C2)CC1C3. The van der Waals surface area contributed by atoms with E-state index in [0.29, 0.717) is 23.5 Å². The first-order valence-corrected chi connectivity index (χ1v) is 21.8. The molecule has 0 unspecified atom stereocenters. The summed E-state index contributed by atoms with van der Waals surface area (Å²) >= 11 is 0. The Kier molecular flexibility index (Phi) is 6.96. The van der Waals surface area contributed by atoms with E-state index in [9.17, 15) is 0 Å². The minimum absolute atomic E-state index is 0.0243. The van der Waals surface area contributed by atoms with Gasteiger partial charge in [-0.05, 0) is 122 Å². The molecular formula is C56H45N3. The molecule has 14 rings (SSSR count). The van der Waals surface area contributed by atoms with Crippen LogP contribution in [0.3, 0.4) is 0 Å². The molecule has 7 aromatic carbocycles. The van der Waals surface area contributed by atoms with E-state index in [-0.39, 0.29) is 10.8 Å². The molecule has 1 aromatic heterocycles. The zero-order valence-electron chi connectivity index (χ0n) is 33.6. The summed E-state index contributed by atoms with van der Waals surface area (Å²) < 4.78 is 0. The van der Waals surface area contributed by atoms with E-state index < -0.39 is 0 Å². The van der Waals surface area contributed by atoms with Crippen LogP contribution in [0.2, 0.25) is 0 Å². The lowest BCUT2D eigenvalue weighted by atomic mass is 9.42. The van der Waals surface area contributed by atoms with Crippen molar-refractivity contribution in [1.29, 1.82) is 0 Å². The van der Waals surface area contributed by atoms with E-state index in [1.807, 2.05) is 6.07 Å². The second kappa shape index (κ2) is 12.2. The van der Waals surface area contributed by atoms with Gasteiger partial charge >= 0.3 is 0 Å². The van der Waals surface area contributed by atoms with Crippen molar-refractivity contribution in [2.75, 3.05) is 0 Å². The minimum atomic E-state index is -0.211. The first kappa shape index (κ1) is 33.7. The number of hydrogen-bond donors (Lipinski definition) is 0. The Morgan fingerprint density at radius 1 is 0.407 bits per heavy atom. The summed E-state index contributed by atoms with van der Waals surface area (Å²) in [5, 5.41) is 2.85. The van der Waals surface area contributed by atoms with Gasteiger partial charge in [0.25, 0.3) is 0 Å². The average Bonchev–Trinajstić information content (AvgIpc) is 3.71. The summed E-state index contributed by atoms with van der Waals surface area (Å²) in [6.45, 7) is 4.99. The number of aromatic nitrogens is 3. The summed E-state index contributed by atoms with van der Waals surface area (Å²) in [7, 11) is 0. The predicted molar refractivity (Wildman–Crippen MR) is 240 cm³/mol. The fraction of sp³-hybridized carbons (Fsp3) is 0.232. The Morgan fingerprint density at radius 3 is 1.66 bits per heavy atom. The molecule has 0 amide bonds. The summed E-state index contributed by atoms with van der Waals surface area (Å²) in [6, 6.07) is 55.5. The van der Waals surface area contributed by atoms with Gasteiger partial charge in [-0.3, -0.25) is 0 Å². The average molecular weight is 760 g/mol. The van der Waals surface area contributed by atoms with Crippen molar-refractivity contribution in [2.24, 2.45) is 23.7 Å². The van der Waals surface area contributed by atoms with Gasteiger partial charge in [-0.25, -0.2) is 15.0 Å². The van der Waals surface area contributed by atoms with E-state index in [2.05, 4.69) is 159 Å². The van der Waals surface area contributed by atoms with Crippen LogP contribution in [-0.2, 0) is 10.8 Å². The first-order valence-electron chi connectivity index (χ1n) is 21.8. The van der Waals surface area contributed by atoms with Crippen molar-refractivity contribution in [1.82, 2.24) is 15.0 Å². The molecule has 0 aliphatic heterocycles. The maximum absolute atomic E-state index is 5.36. The molecule has 59 heavy (non-hydrogen) atoms. The maximum Gasteiger partial charge on any atom is 0.164 e. The van der Waals surface area contributed by atoms with Crippen LogP contribution in [0.5, 0.6) is 0 Å². The molecule has 1 spiro atoms. The van der Waals surface area contributed by atoms with Gasteiger partial charge in [0.2, 0.25) is 0 Å². The molecule has 4 saturated carbocycles. The van der Waals surface area contributed by atoms with Gasteiger partial charge in [-0.1, -0.05) is 166 Å². The highest BCUT2D eigenvalue weighted by Crippen LogP contribution is 2.72. The molecule has 3 heteroatoms. The van der Waals surface area contributed by atoms with Crippen molar-refractivity contribution < 1.29 is 0 Å². The van der Waals surface area contributed by atoms with E-state index in [1.54, 1.807) is 16.7 Å². The summed E-state index contributed by atoms with van der Waals surface area (Å²) in [6.07, 6.45) is 6.89. The monoisotopic (exact) mass is 759 g/mol. The molecule has 0 atom stereocenters. The Morgan fingerprint density at radius 2 is 0.949 bits per heavy atom. The number of hydrogen-bond acceptors (Lipinski definition) is 3. The van der Waals surface area contributed by atoms with Crippen LogP contribution in [0.15, 0.2) is 152 Å². The molecule has 0 N–H and O–H groups in total. The lowest BCUT2D eigenvalue weighted by Gasteiger charge is -2.61. The van der Waals surface area contributed by atoms with Gasteiger partial charge in [0.1, 0.15) is 0 Å². The molecule has 0 saturated heterocycles. The summed E-state index contributed by atoms with van der Waals surface area (Å²) in [4.78, 5) is 15.8. The normalized spacial score (nSPS) is 23.6. The smallest absolute Gasteiger partial charge is 0.164 e. The van der Waals surface area contributed by atoms with Crippen LogP contribution < -0.4 is 0 Å². The standard InChI is InChI=1S/C56H45N3/c1-55(2)47-19-11-18-46(54-58-52(38-15-7-4-8-16-38)57-53(59-54)39-22-20-36(21-23-39)35-12-5-3-6-13-35)48(47)45-27-26-44-43-25-24-37-14-9-10-17-42(37)49(43)56(51(44)50(45)55)40-29-33-28-34(31-40)32-41(56)30-33/h3-27,33-34,40-41H,28-32H2,1-2H3. The topological polar surface area (TPSA) is 38.7 Å². The highest BCUT2D eigenvalue weighted by Gasteiger charge is 2.64. The van der Waals surface area contributed by atoms with Crippen LogP contribution in [0.1, 0.15) is 68.2 Å². The second-order valence-electron chi connectivity index (χ2n) is 18.8. The number of rotatable bonds is 4. The van der Waals surface area contributed by atoms with Gasteiger partial charge in [0.05, 0.1) is 0 Å². The lowest BCUT2D eigenvalue weighted by molar-refractivity contribution is -0.0398. The van der Waals surface area contributed by atoms with E-state index in [1.165, 1.54) is 81.8 Å². The van der Waals surface area contributed by atoms with Gasteiger partial charge in [-0.2, -0.15) is 0 Å². The zero-order chi connectivity index (χ0) is 39.0. The van der Waals surface area contributed by atoms with Crippen LogP contribution in [0, 0.1) is 23.7 Å². The van der Waals surface area contributed by atoms with Crippen molar-refractivity contribution in [3.8, 4) is 67.5 Å². The highest BCUT2D eigenvalue weighted by molar-refractivity contribution is 6.02. The quantitative estimate of drug-likeness (QED) is 0.179. The zero-order valence-corrected chi connectivity index (χ0v) is 33.6. The van der Waals surface area contributed by atoms with Gasteiger partial charge in [-0.15, -0.1) is 0 Å². The Hall–Kier alpha value is -6.19. The molecule has 6 aliphatic carbocycles. The molecule has 6 aliphatic rings. The highest BCUT2D eigenvalue weighted by atomic mass is 15.0. The lowest BCUT2D eigenvalue weighted by Crippen LogP contribution is -2.56. The minimum Gasteiger partial charge on any atom is -0.208 e. The molecule has 284 valence electrons. The molecule has 8 aromatic rings. The summed E-state index contributed by atoms with van der Waals surface area (Å²) in [5.74, 6) is 5.20. The van der Waals surface area contributed by atoms with Crippen LogP contribution in [0.25, 0.3) is 78.3 Å². The Bertz CT molecular complexity index is 2990. The molecule has 3 nitrogen and oxygen atoms in total. The van der Waals surface area contributed by atoms with Crippen LogP contribution in [-0.4, -0.2) is 15.0 Å². The fourth-order valence-electron chi connectivity index (χ4n) is 13.4. The number of benzene rings is 7. The predicted octanol–water partition coefficient (Wildman–Crippen LogP) is 13.7. The fourth-order valence-corrected chi connectivity index (χ4v) is 13.4. The molecule has 4 fully saturated rings. The Balaban J connectivity index is 1.04. The van der Waals surface area contributed by atoms with Gasteiger partial charge < -0.3 is 0 Å².